The highest BCUT2D eigenvalue weighted by atomic mass is 79.9. The quantitative estimate of drug-likeness (QED) is 0.681. The number of ether oxygens (including phenoxy) is 1. The molecule has 0 spiro atoms. The van der Waals surface area contributed by atoms with Gasteiger partial charge in [0.1, 0.15) is 5.75 Å². The maximum atomic E-state index is 12.3. The minimum Gasteiger partial charge on any atom is -0.493 e. The van der Waals surface area contributed by atoms with Gasteiger partial charge in [-0.3, -0.25) is 14.9 Å². The molecule has 2 rings (SSSR count). The van der Waals surface area contributed by atoms with Crippen LogP contribution in [0.1, 0.15) is 27.6 Å². The zero-order valence-corrected chi connectivity index (χ0v) is 17.6. The first-order valence-electron chi connectivity index (χ1n) is 8.18. The fourth-order valence-electron chi connectivity index (χ4n) is 2.21. The third-order valence-electron chi connectivity index (χ3n) is 3.52. The highest BCUT2D eigenvalue weighted by molar-refractivity contribution is 9.10. The molecule has 0 bridgehead atoms. The number of halogens is 1. The largest absolute Gasteiger partial charge is 0.493 e. The zero-order valence-electron chi connectivity index (χ0n) is 15.2. The lowest BCUT2D eigenvalue weighted by Crippen LogP contribution is -2.34. The van der Waals surface area contributed by atoms with Crippen molar-refractivity contribution in [3.05, 3.63) is 58.1 Å². The summed E-state index contributed by atoms with van der Waals surface area (Å²) in [7, 11) is 3.39. The van der Waals surface area contributed by atoms with Gasteiger partial charge in [0.15, 0.2) is 5.11 Å². The summed E-state index contributed by atoms with van der Waals surface area (Å²) in [6, 6.07) is 11.9. The van der Waals surface area contributed by atoms with Crippen LogP contribution in [-0.2, 0) is 0 Å². The Bertz CT molecular complexity index is 854. The van der Waals surface area contributed by atoms with E-state index in [-0.39, 0.29) is 16.9 Å². The molecule has 2 aromatic rings. The summed E-state index contributed by atoms with van der Waals surface area (Å²) in [4.78, 5) is 25.7. The first kappa shape index (κ1) is 20.9. The zero-order chi connectivity index (χ0) is 20.0. The molecule has 2 N–H and O–H groups in total. The van der Waals surface area contributed by atoms with Crippen LogP contribution in [0.25, 0.3) is 0 Å². The van der Waals surface area contributed by atoms with Gasteiger partial charge in [-0.1, -0.05) is 0 Å². The second-order valence-electron chi connectivity index (χ2n) is 5.76. The molecule has 0 heterocycles. The number of amides is 2. The Kier molecular flexibility index (Phi) is 7.32. The van der Waals surface area contributed by atoms with Crippen LogP contribution in [-0.4, -0.2) is 42.5 Å². The van der Waals surface area contributed by atoms with Gasteiger partial charge in [-0.05, 0) is 77.5 Å². The van der Waals surface area contributed by atoms with E-state index in [1.165, 1.54) is 4.90 Å². The van der Waals surface area contributed by atoms with E-state index in [0.717, 1.165) is 0 Å². The molecule has 0 aliphatic heterocycles. The molecule has 2 amide bonds. The molecule has 0 fully saturated rings. The monoisotopic (exact) mass is 449 g/mol. The Morgan fingerprint density at radius 2 is 1.74 bits per heavy atom. The Hall–Kier alpha value is -2.45. The van der Waals surface area contributed by atoms with Crippen LogP contribution in [0.15, 0.2) is 46.9 Å². The van der Waals surface area contributed by atoms with Gasteiger partial charge in [0.05, 0.1) is 11.1 Å². The molecule has 0 radical (unpaired) electrons. The average molecular weight is 450 g/mol. The van der Waals surface area contributed by atoms with Crippen LogP contribution < -0.4 is 15.4 Å². The minimum atomic E-state index is -0.337. The molecule has 0 unspecified atom stereocenters. The molecule has 0 aromatic heterocycles. The van der Waals surface area contributed by atoms with E-state index in [0.29, 0.717) is 33.6 Å². The molecular formula is C19H20BrN3O3S. The third kappa shape index (κ3) is 5.77. The van der Waals surface area contributed by atoms with Crippen LogP contribution in [0.5, 0.6) is 5.75 Å². The number of thiocarbonyl (C=S) groups is 1. The van der Waals surface area contributed by atoms with Crippen LogP contribution in [0.3, 0.4) is 0 Å². The van der Waals surface area contributed by atoms with Crippen molar-refractivity contribution in [2.45, 2.75) is 6.92 Å². The summed E-state index contributed by atoms with van der Waals surface area (Å²) in [6.45, 7) is 2.43. The molecule has 27 heavy (non-hydrogen) atoms. The summed E-state index contributed by atoms with van der Waals surface area (Å²) in [5, 5.41) is 5.71. The average Bonchev–Trinajstić information content (AvgIpc) is 2.63. The first-order chi connectivity index (χ1) is 12.8. The first-order valence-corrected chi connectivity index (χ1v) is 9.38. The van der Waals surface area contributed by atoms with E-state index in [4.69, 9.17) is 17.0 Å². The van der Waals surface area contributed by atoms with Crippen LogP contribution >= 0.6 is 28.1 Å². The minimum absolute atomic E-state index is 0.0847. The molecule has 2 aromatic carbocycles. The molecule has 0 aliphatic carbocycles. The van der Waals surface area contributed by atoms with Crippen LogP contribution in [0.4, 0.5) is 5.69 Å². The van der Waals surface area contributed by atoms with Crippen molar-refractivity contribution in [2.24, 2.45) is 0 Å². The van der Waals surface area contributed by atoms with Gasteiger partial charge in [-0.2, -0.15) is 0 Å². The lowest BCUT2D eigenvalue weighted by molar-refractivity contribution is 0.0827. The van der Waals surface area contributed by atoms with Crippen LogP contribution in [0.2, 0.25) is 0 Å². The van der Waals surface area contributed by atoms with E-state index < -0.39 is 0 Å². The highest BCUT2D eigenvalue weighted by Crippen LogP contribution is 2.26. The highest BCUT2D eigenvalue weighted by Gasteiger charge is 2.12. The second-order valence-corrected chi connectivity index (χ2v) is 7.03. The van der Waals surface area contributed by atoms with E-state index >= 15 is 0 Å². The Balaban J connectivity index is 1.98. The number of nitrogens with zero attached hydrogens (tertiary/aromatic N) is 1. The van der Waals surface area contributed by atoms with E-state index in [9.17, 15) is 9.59 Å². The number of hydrogen-bond donors (Lipinski definition) is 2. The van der Waals surface area contributed by atoms with Gasteiger partial charge in [0.25, 0.3) is 11.8 Å². The summed E-state index contributed by atoms with van der Waals surface area (Å²) in [5.74, 6) is 0.247. The van der Waals surface area contributed by atoms with Crippen molar-refractivity contribution < 1.29 is 14.3 Å². The van der Waals surface area contributed by atoms with Crippen LogP contribution in [0, 0.1) is 0 Å². The third-order valence-corrected chi connectivity index (χ3v) is 4.34. The molecule has 6 nitrogen and oxygen atoms in total. The summed E-state index contributed by atoms with van der Waals surface area (Å²) < 4.78 is 6.12. The van der Waals surface area contributed by atoms with Gasteiger partial charge >= 0.3 is 0 Å². The number of carbonyl (C=O) groups is 2. The van der Waals surface area contributed by atoms with Crippen molar-refractivity contribution >= 4 is 50.8 Å². The fourth-order valence-corrected chi connectivity index (χ4v) is 2.91. The molecule has 0 aliphatic rings. The van der Waals surface area contributed by atoms with Crippen molar-refractivity contribution in [3.8, 4) is 5.75 Å². The van der Waals surface area contributed by atoms with Gasteiger partial charge in [-0.15, -0.1) is 0 Å². The van der Waals surface area contributed by atoms with Crippen molar-refractivity contribution in [2.75, 3.05) is 26.0 Å². The molecule has 0 saturated carbocycles. The predicted molar refractivity (Wildman–Crippen MR) is 113 cm³/mol. The predicted octanol–water partition coefficient (Wildman–Crippen LogP) is 3.68. The Labute approximate surface area is 172 Å². The number of nitrogens with one attached hydrogen (secondary N) is 2. The molecular weight excluding hydrogens is 430 g/mol. The number of anilines is 1. The van der Waals surface area contributed by atoms with Crippen molar-refractivity contribution in [1.29, 1.82) is 0 Å². The standard InChI is InChI=1S/C19H20BrN3O3S/c1-4-26-16-10-7-13(11-15(16)20)17(24)22-19(27)21-14-8-5-12(6-9-14)18(25)23(2)3/h5-11H,4H2,1-3H3,(H2,21,22,24,27). The summed E-state index contributed by atoms with van der Waals surface area (Å²) in [6.07, 6.45) is 0. The van der Waals surface area contributed by atoms with Gasteiger partial charge in [0.2, 0.25) is 0 Å². The number of benzene rings is 2. The summed E-state index contributed by atoms with van der Waals surface area (Å²) in [5.41, 5.74) is 1.68. The molecule has 0 saturated heterocycles. The van der Waals surface area contributed by atoms with E-state index in [1.807, 2.05) is 6.92 Å². The fraction of sp³-hybridized carbons (Fsp3) is 0.211. The molecule has 0 atom stereocenters. The maximum absolute atomic E-state index is 12.3. The summed E-state index contributed by atoms with van der Waals surface area (Å²) >= 11 is 8.56. The Morgan fingerprint density at radius 1 is 1.11 bits per heavy atom. The maximum Gasteiger partial charge on any atom is 0.257 e. The normalized spacial score (nSPS) is 10.1. The molecule has 8 heteroatoms. The van der Waals surface area contributed by atoms with Crippen molar-refractivity contribution in [1.82, 2.24) is 10.2 Å². The second kappa shape index (κ2) is 9.48. The lowest BCUT2D eigenvalue weighted by Gasteiger charge is -2.12. The number of rotatable bonds is 5. The van der Waals surface area contributed by atoms with E-state index in [2.05, 4.69) is 26.6 Å². The van der Waals surface area contributed by atoms with Crippen molar-refractivity contribution in [3.63, 3.8) is 0 Å². The lowest BCUT2D eigenvalue weighted by atomic mass is 10.2. The number of carbonyl (C=O) groups excluding carboxylic acids is 2. The Morgan fingerprint density at radius 3 is 2.30 bits per heavy atom. The number of hydrogen-bond acceptors (Lipinski definition) is 4. The molecule has 142 valence electrons. The topological polar surface area (TPSA) is 70.7 Å². The smallest absolute Gasteiger partial charge is 0.257 e. The van der Waals surface area contributed by atoms with Gasteiger partial charge in [0, 0.05) is 30.9 Å². The van der Waals surface area contributed by atoms with E-state index in [1.54, 1.807) is 56.6 Å². The van der Waals surface area contributed by atoms with Gasteiger partial charge < -0.3 is 15.0 Å². The SMILES string of the molecule is CCOc1ccc(C(=O)NC(=S)Nc2ccc(C(=O)N(C)C)cc2)cc1Br. The van der Waals surface area contributed by atoms with Gasteiger partial charge in [-0.25, -0.2) is 0 Å².